The molecule has 104 valence electrons. The molecule has 21 heavy (non-hydrogen) atoms. The van der Waals surface area contributed by atoms with E-state index in [4.69, 9.17) is 5.11 Å². The predicted molar refractivity (Wildman–Crippen MR) is 72.0 cm³/mol. The van der Waals surface area contributed by atoms with Crippen LogP contribution in [0.1, 0.15) is 20.7 Å². The second kappa shape index (κ2) is 4.44. The van der Waals surface area contributed by atoms with Crippen molar-refractivity contribution in [3.8, 4) is 0 Å². The average molecular weight is 285 g/mol. The number of fused-ring (bicyclic) bond motifs is 3. The van der Waals surface area contributed by atoms with Crippen molar-refractivity contribution < 1.29 is 19.6 Å². The lowest BCUT2D eigenvalue weighted by Gasteiger charge is -2.13. The van der Waals surface area contributed by atoms with Gasteiger partial charge in [0.2, 0.25) is 5.78 Å². The quantitative estimate of drug-likeness (QED) is 0.658. The van der Waals surface area contributed by atoms with Crippen LogP contribution in [0.5, 0.6) is 0 Å². The van der Waals surface area contributed by atoms with E-state index in [0.29, 0.717) is 10.9 Å². The molecule has 1 aromatic heterocycles. The second-order valence-corrected chi connectivity index (χ2v) is 4.44. The van der Waals surface area contributed by atoms with E-state index in [2.05, 4.69) is 9.98 Å². The van der Waals surface area contributed by atoms with Gasteiger partial charge in [-0.15, -0.1) is 0 Å². The van der Waals surface area contributed by atoms with Crippen LogP contribution in [-0.2, 0) is 0 Å². The van der Waals surface area contributed by atoms with Gasteiger partial charge in [0.1, 0.15) is 5.69 Å². The minimum atomic E-state index is -1.49. The number of ketones is 1. The fourth-order valence-electron chi connectivity index (χ4n) is 2.16. The van der Waals surface area contributed by atoms with Crippen LogP contribution in [0.2, 0.25) is 0 Å². The minimum Gasteiger partial charge on any atom is -0.478 e. The largest absolute Gasteiger partial charge is 0.478 e. The molecule has 1 unspecified atom stereocenters. The van der Waals surface area contributed by atoms with E-state index >= 15 is 0 Å². The number of carbonyl (C=O) groups excluding carboxylic acids is 1. The fourth-order valence-corrected chi connectivity index (χ4v) is 2.16. The van der Waals surface area contributed by atoms with Gasteiger partial charge in [-0.3, -0.25) is 24.9 Å². The normalized spacial score (nSPS) is 16.8. The summed E-state index contributed by atoms with van der Waals surface area (Å²) < 4.78 is 0. The molecule has 3 rings (SSSR count). The summed E-state index contributed by atoms with van der Waals surface area (Å²) in [7, 11) is 0. The number of Topliss-reactive ketones (excluding diaryl/α,β-unsaturated/α-hetero) is 1. The molecule has 1 N–H and O–H groups in total. The summed E-state index contributed by atoms with van der Waals surface area (Å²) in [5, 5.41) is 20.2. The first-order valence-electron chi connectivity index (χ1n) is 5.87. The third-order valence-corrected chi connectivity index (χ3v) is 3.18. The molecule has 1 aliphatic heterocycles. The Balaban J connectivity index is 2.22. The molecule has 8 nitrogen and oxygen atoms in total. The van der Waals surface area contributed by atoms with Gasteiger partial charge in [0, 0.05) is 16.5 Å². The molecule has 0 saturated carbocycles. The van der Waals surface area contributed by atoms with E-state index in [1.165, 1.54) is 18.2 Å². The number of nitro groups is 1. The van der Waals surface area contributed by atoms with Crippen molar-refractivity contribution in [2.45, 2.75) is 6.04 Å². The minimum absolute atomic E-state index is 0.0109. The number of hydrogen-bond donors (Lipinski definition) is 1. The Morgan fingerprint density at radius 3 is 2.81 bits per heavy atom. The molecule has 2 aromatic rings. The summed E-state index contributed by atoms with van der Waals surface area (Å²) in [6.07, 6.45) is 2.13. The Hall–Kier alpha value is -3.16. The van der Waals surface area contributed by atoms with Gasteiger partial charge in [0.15, 0.2) is 0 Å². The van der Waals surface area contributed by atoms with E-state index in [-0.39, 0.29) is 16.8 Å². The molecular weight excluding hydrogens is 278 g/mol. The van der Waals surface area contributed by atoms with Crippen LogP contribution in [-0.4, -0.2) is 39.0 Å². The molecule has 1 aliphatic rings. The molecule has 0 fully saturated rings. The number of carboxylic acids is 1. The van der Waals surface area contributed by atoms with Crippen LogP contribution in [0.3, 0.4) is 0 Å². The van der Waals surface area contributed by atoms with Gasteiger partial charge in [0.05, 0.1) is 22.9 Å². The van der Waals surface area contributed by atoms with Crippen molar-refractivity contribution >= 4 is 34.6 Å². The van der Waals surface area contributed by atoms with E-state index in [1.54, 1.807) is 0 Å². The topological polar surface area (TPSA) is 123 Å². The number of aromatic carboxylic acids is 1. The summed E-state index contributed by atoms with van der Waals surface area (Å²) >= 11 is 0. The average Bonchev–Trinajstić information content (AvgIpc) is 2.46. The number of aliphatic imine (C=N–C) groups is 1. The SMILES string of the molecule is O=C(O)c1cnc2c3c(ccc2c1)C(=O)C([N+](=O)[O-])C=N3. The number of pyridine rings is 1. The van der Waals surface area contributed by atoms with Gasteiger partial charge < -0.3 is 5.11 Å². The lowest BCUT2D eigenvalue weighted by molar-refractivity contribution is -0.485. The van der Waals surface area contributed by atoms with Crippen molar-refractivity contribution in [2.75, 3.05) is 0 Å². The van der Waals surface area contributed by atoms with Crippen LogP contribution in [0.25, 0.3) is 10.9 Å². The highest BCUT2D eigenvalue weighted by atomic mass is 16.6. The summed E-state index contributed by atoms with van der Waals surface area (Å²) in [5.41, 5.74) is 0.690. The molecule has 8 heteroatoms. The smallest absolute Gasteiger partial charge is 0.337 e. The molecule has 0 amide bonds. The molecule has 1 aromatic carbocycles. The van der Waals surface area contributed by atoms with Gasteiger partial charge in [-0.05, 0) is 12.1 Å². The van der Waals surface area contributed by atoms with E-state index in [0.717, 1.165) is 12.4 Å². The summed E-state index contributed by atoms with van der Waals surface area (Å²) in [5.74, 6) is -1.77. The summed E-state index contributed by atoms with van der Waals surface area (Å²) in [4.78, 5) is 40.9. The second-order valence-electron chi connectivity index (χ2n) is 4.44. The van der Waals surface area contributed by atoms with Crippen LogP contribution < -0.4 is 0 Å². The Morgan fingerprint density at radius 1 is 1.38 bits per heavy atom. The highest BCUT2D eigenvalue weighted by molar-refractivity contribution is 6.17. The van der Waals surface area contributed by atoms with Crippen LogP contribution in [0.15, 0.2) is 29.4 Å². The number of benzene rings is 1. The highest BCUT2D eigenvalue weighted by Crippen LogP contribution is 2.32. The molecule has 0 bridgehead atoms. The zero-order valence-electron chi connectivity index (χ0n) is 10.4. The Kier molecular flexibility index (Phi) is 2.72. The van der Waals surface area contributed by atoms with E-state index in [1.807, 2.05) is 0 Å². The number of carbonyl (C=O) groups is 2. The van der Waals surface area contributed by atoms with Gasteiger partial charge in [-0.2, -0.15) is 0 Å². The summed E-state index contributed by atoms with van der Waals surface area (Å²) in [6.45, 7) is 0. The number of hydrogen-bond acceptors (Lipinski definition) is 6. The molecule has 2 heterocycles. The molecular formula is C13H7N3O5. The van der Waals surface area contributed by atoms with Gasteiger partial charge in [0.25, 0.3) is 0 Å². The lowest BCUT2D eigenvalue weighted by Crippen LogP contribution is -2.33. The number of rotatable bonds is 2. The Morgan fingerprint density at radius 2 is 2.14 bits per heavy atom. The molecule has 0 spiro atoms. The highest BCUT2D eigenvalue weighted by Gasteiger charge is 2.34. The zero-order valence-corrected chi connectivity index (χ0v) is 10.4. The number of nitrogens with zero attached hydrogens (tertiary/aromatic N) is 3. The van der Waals surface area contributed by atoms with Gasteiger partial charge >= 0.3 is 12.0 Å². The Labute approximate surface area is 116 Å². The maximum atomic E-state index is 12.0. The standard InChI is InChI=1S/C13H7N3O5/c17-12-8-2-1-6-3-7(13(18)19)4-14-10(6)11(8)15-5-9(12)16(20)21/h1-5,9H,(H,18,19). The molecule has 0 aliphatic carbocycles. The number of aromatic nitrogens is 1. The molecule has 0 radical (unpaired) electrons. The van der Waals surface area contributed by atoms with Gasteiger partial charge in [-0.1, -0.05) is 6.07 Å². The first-order chi connectivity index (χ1) is 9.99. The third kappa shape index (κ3) is 1.93. The van der Waals surface area contributed by atoms with Crippen LogP contribution in [0.4, 0.5) is 5.69 Å². The van der Waals surface area contributed by atoms with Crippen molar-refractivity contribution in [1.29, 1.82) is 0 Å². The molecule has 0 saturated heterocycles. The lowest BCUT2D eigenvalue weighted by atomic mass is 9.98. The predicted octanol–water partition coefficient (Wildman–Crippen LogP) is 1.48. The van der Waals surface area contributed by atoms with Crippen LogP contribution in [0, 0.1) is 10.1 Å². The maximum absolute atomic E-state index is 12.0. The number of carboxylic acid groups (broad SMARTS) is 1. The fraction of sp³-hybridized carbons (Fsp3) is 0.0769. The van der Waals surface area contributed by atoms with E-state index < -0.39 is 22.7 Å². The zero-order chi connectivity index (χ0) is 15.1. The van der Waals surface area contributed by atoms with Crippen molar-refractivity contribution in [3.63, 3.8) is 0 Å². The first-order valence-corrected chi connectivity index (χ1v) is 5.87. The first kappa shape index (κ1) is 12.9. The maximum Gasteiger partial charge on any atom is 0.337 e. The Bertz CT molecular complexity index is 843. The third-order valence-electron chi connectivity index (χ3n) is 3.18. The van der Waals surface area contributed by atoms with E-state index in [9.17, 15) is 19.7 Å². The molecule has 1 atom stereocenters. The van der Waals surface area contributed by atoms with Crippen LogP contribution >= 0.6 is 0 Å². The van der Waals surface area contributed by atoms with Gasteiger partial charge in [-0.25, -0.2) is 4.79 Å². The van der Waals surface area contributed by atoms with Crippen molar-refractivity contribution in [1.82, 2.24) is 4.98 Å². The van der Waals surface area contributed by atoms with Crippen molar-refractivity contribution in [2.24, 2.45) is 4.99 Å². The summed E-state index contributed by atoms with van der Waals surface area (Å²) in [6, 6.07) is 2.82. The monoisotopic (exact) mass is 285 g/mol. The van der Waals surface area contributed by atoms with Crippen molar-refractivity contribution in [3.05, 3.63) is 45.6 Å².